The van der Waals surface area contributed by atoms with Crippen LogP contribution < -0.4 is 0 Å². The smallest absolute Gasteiger partial charge is 0.127 e. The second kappa shape index (κ2) is 6.34. The molecule has 102 valence electrons. The highest BCUT2D eigenvalue weighted by atomic mass is 19.1. The Morgan fingerprint density at radius 3 is 2.25 bits per heavy atom. The van der Waals surface area contributed by atoms with Crippen molar-refractivity contribution < 1.29 is 4.39 Å². The monoisotopic (exact) mass is 267 g/mol. The summed E-state index contributed by atoms with van der Waals surface area (Å²) in [6.45, 7) is 4.29. The third kappa shape index (κ3) is 3.24. The normalized spacial score (nSPS) is 12.2. The van der Waals surface area contributed by atoms with Crippen molar-refractivity contribution in [2.75, 3.05) is 0 Å². The van der Waals surface area contributed by atoms with Crippen molar-refractivity contribution in [2.24, 2.45) is 0 Å². The summed E-state index contributed by atoms with van der Waals surface area (Å²) in [5.74, 6) is -0.263. The average Bonchev–Trinajstić information content (AvgIpc) is 2.46. The van der Waals surface area contributed by atoms with Crippen molar-refractivity contribution in [1.82, 2.24) is 0 Å². The maximum atomic E-state index is 13.7. The summed E-state index contributed by atoms with van der Waals surface area (Å²) < 4.78 is 13.7. The molecule has 2 rings (SSSR count). The van der Waals surface area contributed by atoms with Crippen LogP contribution in [0.2, 0.25) is 0 Å². The zero-order valence-corrected chi connectivity index (χ0v) is 11.8. The number of benzene rings is 2. The van der Waals surface area contributed by atoms with Gasteiger partial charge in [0.1, 0.15) is 5.82 Å². The van der Waals surface area contributed by atoms with Gasteiger partial charge in [-0.2, -0.15) is 5.26 Å². The molecule has 0 radical (unpaired) electrons. The lowest BCUT2D eigenvalue weighted by atomic mass is 9.91. The van der Waals surface area contributed by atoms with E-state index in [0.717, 1.165) is 5.56 Å². The highest BCUT2D eigenvalue weighted by Crippen LogP contribution is 2.24. The topological polar surface area (TPSA) is 23.8 Å². The van der Waals surface area contributed by atoms with Gasteiger partial charge in [0.05, 0.1) is 12.0 Å². The van der Waals surface area contributed by atoms with E-state index in [4.69, 9.17) is 0 Å². The van der Waals surface area contributed by atoms with Crippen LogP contribution in [0.15, 0.2) is 48.5 Å². The maximum absolute atomic E-state index is 13.7. The van der Waals surface area contributed by atoms with Gasteiger partial charge in [0.15, 0.2) is 0 Å². The van der Waals surface area contributed by atoms with E-state index < -0.39 is 5.92 Å². The van der Waals surface area contributed by atoms with E-state index in [1.807, 2.05) is 12.1 Å². The molecule has 0 saturated carbocycles. The summed E-state index contributed by atoms with van der Waals surface area (Å²) in [7, 11) is 0. The SMILES string of the molecule is CC(C)c1ccc(CC(C#N)c2ccccc2F)cc1. The fourth-order valence-corrected chi connectivity index (χ4v) is 2.26. The molecule has 2 aromatic carbocycles. The van der Waals surface area contributed by atoms with Crippen molar-refractivity contribution in [2.45, 2.75) is 32.1 Å². The van der Waals surface area contributed by atoms with Crippen LogP contribution in [0.5, 0.6) is 0 Å². The average molecular weight is 267 g/mol. The standard InChI is InChI=1S/C18H18FN/c1-13(2)15-9-7-14(8-10-15)11-16(12-20)17-5-3-4-6-18(17)19/h3-10,13,16H,11H2,1-2H3. The Balaban J connectivity index is 2.19. The van der Waals surface area contributed by atoms with Gasteiger partial charge >= 0.3 is 0 Å². The fraction of sp³-hybridized carbons (Fsp3) is 0.278. The molecule has 0 heterocycles. The molecule has 2 aromatic rings. The van der Waals surface area contributed by atoms with Gasteiger partial charge in [0.25, 0.3) is 0 Å². The molecule has 1 nitrogen and oxygen atoms in total. The zero-order chi connectivity index (χ0) is 14.5. The molecule has 0 aromatic heterocycles. The van der Waals surface area contributed by atoms with Crippen molar-refractivity contribution in [1.29, 1.82) is 5.26 Å². The van der Waals surface area contributed by atoms with Crippen molar-refractivity contribution in [3.8, 4) is 6.07 Å². The number of nitriles is 1. The number of nitrogens with zero attached hydrogens (tertiary/aromatic N) is 1. The van der Waals surface area contributed by atoms with E-state index in [-0.39, 0.29) is 5.82 Å². The molecular weight excluding hydrogens is 249 g/mol. The minimum absolute atomic E-state index is 0.308. The van der Waals surface area contributed by atoms with Crippen LogP contribution in [-0.4, -0.2) is 0 Å². The first-order valence-corrected chi connectivity index (χ1v) is 6.84. The Morgan fingerprint density at radius 1 is 1.05 bits per heavy atom. The van der Waals surface area contributed by atoms with Crippen LogP contribution in [0.3, 0.4) is 0 Å². The van der Waals surface area contributed by atoms with Crippen LogP contribution in [0, 0.1) is 17.1 Å². The zero-order valence-electron chi connectivity index (χ0n) is 11.8. The minimum Gasteiger partial charge on any atom is -0.207 e. The molecule has 1 atom stereocenters. The highest BCUT2D eigenvalue weighted by molar-refractivity contribution is 5.31. The Morgan fingerprint density at radius 2 is 1.70 bits per heavy atom. The molecular formula is C18H18FN. The predicted octanol–water partition coefficient (Wildman–Crippen LogP) is 4.80. The quantitative estimate of drug-likeness (QED) is 0.780. The van der Waals surface area contributed by atoms with Crippen molar-refractivity contribution >= 4 is 0 Å². The predicted molar refractivity (Wildman–Crippen MR) is 79.0 cm³/mol. The van der Waals surface area contributed by atoms with Gasteiger partial charge in [0.2, 0.25) is 0 Å². The Kier molecular flexibility index (Phi) is 4.53. The molecule has 0 aliphatic rings. The lowest BCUT2D eigenvalue weighted by Gasteiger charge is -2.12. The Hall–Kier alpha value is -2.14. The third-order valence-corrected chi connectivity index (χ3v) is 3.52. The van der Waals surface area contributed by atoms with E-state index in [1.165, 1.54) is 11.6 Å². The van der Waals surface area contributed by atoms with E-state index in [2.05, 4.69) is 32.0 Å². The van der Waals surface area contributed by atoms with Crippen molar-refractivity contribution in [3.05, 3.63) is 71.0 Å². The highest BCUT2D eigenvalue weighted by Gasteiger charge is 2.15. The molecule has 0 bridgehead atoms. The van der Waals surface area contributed by atoms with Crippen molar-refractivity contribution in [3.63, 3.8) is 0 Å². The van der Waals surface area contributed by atoms with Gasteiger partial charge in [-0.15, -0.1) is 0 Å². The molecule has 0 spiro atoms. The fourth-order valence-electron chi connectivity index (χ4n) is 2.26. The first-order valence-electron chi connectivity index (χ1n) is 6.84. The van der Waals surface area contributed by atoms with Gasteiger partial charge in [-0.25, -0.2) is 4.39 Å². The molecule has 0 amide bonds. The summed E-state index contributed by atoms with van der Waals surface area (Å²) in [5, 5.41) is 9.29. The number of hydrogen-bond acceptors (Lipinski definition) is 1. The van der Waals surface area contributed by atoms with E-state index in [0.29, 0.717) is 17.9 Å². The number of halogens is 1. The molecule has 0 aliphatic heterocycles. The second-order valence-corrected chi connectivity index (χ2v) is 5.30. The van der Waals surface area contributed by atoms with E-state index in [1.54, 1.807) is 18.2 Å². The van der Waals surface area contributed by atoms with E-state index >= 15 is 0 Å². The first-order chi connectivity index (χ1) is 9.61. The molecule has 2 heteroatoms. The minimum atomic E-state index is -0.443. The number of hydrogen-bond donors (Lipinski definition) is 0. The summed E-state index contributed by atoms with van der Waals surface area (Å²) in [4.78, 5) is 0. The summed E-state index contributed by atoms with van der Waals surface area (Å²) in [6.07, 6.45) is 0.538. The van der Waals surface area contributed by atoms with Gasteiger partial charge < -0.3 is 0 Å². The summed E-state index contributed by atoms with van der Waals surface area (Å²) in [5.41, 5.74) is 2.81. The molecule has 0 fully saturated rings. The molecule has 20 heavy (non-hydrogen) atoms. The van der Waals surface area contributed by atoms with Crippen LogP contribution in [0.4, 0.5) is 4.39 Å². The lowest BCUT2D eigenvalue weighted by molar-refractivity contribution is 0.600. The van der Waals surface area contributed by atoms with Crippen LogP contribution in [0.25, 0.3) is 0 Å². The maximum Gasteiger partial charge on any atom is 0.127 e. The van der Waals surface area contributed by atoms with Crippen LogP contribution >= 0.6 is 0 Å². The summed E-state index contributed by atoms with van der Waals surface area (Å²) >= 11 is 0. The molecule has 0 aliphatic carbocycles. The van der Waals surface area contributed by atoms with Gasteiger partial charge in [-0.1, -0.05) is 56.3 Å². The molecule has 1 unspecified atom stereocenters. The van der Waals surface area contributed by atoms with Crippen LogP contribution in [0.1, 0.15) is 42.4 Å². The van der Waals surface area contributed by atoms with Gasteiger partial charge in [-0.05, 0) is 29.5 Å². The lowest BCUT2D eigenvalue weighted by Crippen LogP contribution is -2.03. The van der Waals surface area contributed by atoms with Gasteiger partial charge in [0, 0.05) is 5.56 Å². The molecule has 0 N–H and O–H groups in total. The second-order valence-electron chi connectivity index (χ2n) is 5.30. The van der Waals surface area contributed by atoms with Gasteiger partial charge in [-0.3, -0.25) is 0 Å². The Labute approximate surface area is 119 Å². The molecule has 0 saturated heterocycles. The van der Waals surface area contributed by atoms with Crippen LogP contribution in [-0.2, 0) is 6.42 Å². The largest absolute Gasteiger partial charge is 0.207 e. The van der Waals surface area contributed by atoms with E-state index in [9.17, 15) is 9.65 Å². The number of rotatable bonds is 4. The Bertz CT molecular complexity index is 608. The summed E-state index contributed by atoms with van der Waals surface area (Å²) in [6, 6.07) is 16.9. The first kappa shape index (κ1) is 14.3. The third-order valence-electron chi connectivity index (χ3n) is 3.52.